The number of carbonyl (C=O) groups is 1. The molecule has 0 spiro atoms. The molecule has 1 fully saturated rings. The third-order valence-electron chi connectivity index (χ3n) is 2.74. The first-order valence-corrected chi connectivity index (χ1v) is 6.26. The number of hydrogen-bond acceptors (Lipinski definition) is 3. The highest BCUT2D eigenvalue weighted by Crippen LogP contribution is 2.19. The lowest BCUT2D eigenvalue weighted by Gasteiger charge is -2.21. The smallest absolute Gasteiger partial charge is 0.133 e. The summed E-state index contributed by atoms with van der Waals surface area (Å²) in [5.41, 5.74) is 1.06. The molecule has 1 heterocycles. The molecule has 0 N–H and O–H groups in total. The molecule has 0 unspecified atom stereocenters. The van der Waals surface area contributed by atoms with Crippen LogP contribution >= 0.6 is 15.9 Å². The zero-order chi connectivity index (χ0) is 11.4. The summed E-state index contributed by atoms with van der Waals surface area (Å²) in [6.45, 7) is 0.575. The number of ketones is 1. The third-order valence-corrected chi connectivity index (χ3v) is 3.17. The molecule has 86 valence electrons. The maximum atomic E-state index is 11.1. The second kappa shape index (κ2) is 5.55. The number of nitrogens with zero attached hydrogens (tertiary/aromatic N) is 1. The van der Waals surface area contributed by atoms with E-state index in [1.54, 1.807) is 12.4 Å². The molecule has 0 radical (unpaired) electrons. The van der Waals surface area contributed by atoms with Crippen LogP contribution in [-0.4, -0.2) is 16.9 Å². The summed E-state index contributed by atoms with van der Waals surface area (Å²) in [6.07, 6.45) is 6.85. The van der Waals surface area contributed by atoms with Gasteiger partial charge in [0.25, 0.3) is 0 Å². The molecule has 1 aliphatic carbocycles. The summed E-state index contributed by atoms with van der Waals surface area (Å²) in [5, 5.41) is 0. The fraction of sp³-hybridized carbons (Fsp3) is 0.500. The van der Waals surface area contributed by atoms with E-state index >= 15 is 0 Å². The van der Waals surface area contributed by atoms with E-state index in [0.717, 1.165) is 22.9 Å². The van der Waals surface area contributed by atoms with Crippen molar-refractivity contribution >= 4 is 21.7 Å². The summed E-state index contributed by atoms with van der Waals surface area (Å²) in [7, 11) is 0. The molecule has 0 amide bonds. The maximum Gasteiger partial charge on any atom is 0.133 e. The molecular formula is C12H14BrNO2. The van der Waals surface area contributed by atoms with Crippen molar-refractivity contribution < 1.29 is 9.53 Å². The Morgan fingerprint density at radius 1 is 1.38 bits per heavy atom. The number of ether oxygens (including phenoxy) is 1. The van der Waals surface area contributed by atoms with Gasteiger partial charge in [0, 0.05) is 29.7 Å². The number of rotatable bonds is 3. The van der Waals surface area contributed by atoms with Crippen LogP contribution in [0.3, 0.4) is 0 Å². The molecular weight excluding hydrogens is 270 g/mol. The zero-order valence-corrected chi connectivity index (χ0v) is 10.6. The first kappa shape index (κ1) is 11.7. The Bertz CT molecular complexity index is 371. The quantitative estimate of drug-likeness (QED) is 0.856. The molecule has 1 saturated carbocycles. The summed E-state index contributed by atoms with van der Waals surface area (Å²) in [6, 6.07) is 2.00. The molecule has 4 heteroatoms. The Kier molecular flexibility index (Phi) is 4.07. The Hall–Kier alpha value is -0.740. The van der Waals surface area contributed by atoms with Crippen LogP contribution in [0.15, 0.2) is 22.9 Å². The van der Waals surface area contributed by atoms with E-state index in [2.05, 4.69) is 20.9 Å². The van der Waals surface area contributed by atoms with Crippen molar-refractivity contribution in [1.82, 2.24) is 4.98 Å². The van der Waals surface area contributed by atoms with Gasteiger partial charge < -0.3 is 4.74 Å². The lowest BCUT2D eigenvalue weighted by atomic mass is 9.96. The van der Waals surface area contributed by atoms with Gasteiger partial charge in [-0.3, -0.25) is 9.78 Å². The van der Waals surface area contributed by atoms with Crippen LogP contribution in [0.4, 0.5) is 0 Å². The van der Waals surface area contributed by atoms with Gasteiger partial charge in [-0.05, 0) is 40.4 Å². The minimum atomic E-state index is 0.233. The van der Waals surface area contributed by atoms with Gasteiger partial charge in [-0.1, -0.05) is 0 Å². The van der Waals surface area contributed by atoms with Crippen LogP contribution in [0.25, 0.3) is 0 Å². The van der Waals surface area contributed by atoms with Crippen molar-refractivity contribution in [2.45, 2.75) is 38.4 Å². The van der Waals surface area contributed by atoms with Gasteiger partial charge >= 0.3 is 0 Å². The first-order valence-electron chi connectivity index (χ1n) is 5.47. The summed E-state index contributed by atoms with van der Waals surface area (Å²) < 4.78 is 6.72. The van der Waals surface area contributed by atoms with Crippen LogP contribution in [0.2, 0.25) is 0 Å². The van der Waals surface area contributed by atoms with E-state index in [1.165, 1.54) is 0 Å². The lowest BCUT2D eigenvalue weighted by molar-refractivity contribution is -0.123. The van der Waals surface area contributed by atoms with Crippen molar-refractivity contribution in [2.75, 3.05) is 0 Å². The SMILES string of the molecule is O=C1CCC(OCc2cncc(Br)c2)CC1. The molecule has 0 aromatic carbocycles. The first-order chi connectivity index (χ1) is 7.74. The normalized spacial score (nSPS) is 17.7. The van der Waals surface area contributed by atoms with Crippen molar-refractivity contribution in [3.05, 3.63) is 28.5 Å². The molecule has 1 aliphatic rings. The van der Waals surface area contributed by atoms with E-state index in [0.29, 0.717) is 25.2 Å². The number of carbonyl (C=O) groups excluding carboxylic acids is 1. The number of hydrogen-bond donors (Lipinski definition) is 0. The third kappa shape index (κ3) is 3.39. The highest BCUT2D eigenvalue weighted by atomic mass is 79.9. The molecule has 16 heavy (non-hydrogen) atoms. The van der Waals surface area contributed by atoms with Crippen molar-refractivity contribution in [2.24, 2.45) is 0 Å². The molecule has 2 rings (SSSR count). The van der Waals surface area contributed by atoms with Crippen LogP contribution in [0.1, 0.15) is 31.2 Å². The van der Waals surface area contributed by atoms with Gasteiger partial charge in [-0.15, -0.1) is 0 Å². The predicted molar refractivity (Wildman–Crippen MR) is 64.0 cm³/mol. The monoisotopic (exact) mass is 283 g/mol. The maximum absolute atomic E-state index is 11.1. The molecule has 0 bridgehead atoms. The standard InChI is InChI=1S/C12H14BrNO2/c13-10-5-9(6-14-7-10)8-16-12-3-1-11(15)2-4-12/h5-7,12H,1-4,8H2. The summed E-state index contributed by atoms with van der Waals surface area (Å²) in [5.74, 6) is 0.365. The van der Waals surface area contributed by atoms with Gasteiger partial charge in [-0.2, -0.15) is 0 Å². The number of aromatic nitrogens is 1. The molecule has 0 saturated heterocycles. The topological polar surface area (TPSA) is 39.2 Å². The summed E-state index contributed by atoms with van der Waals surface area (Å²) >= 11 is 3.37. The van der Waals surface area contributed by atoms with E-state index in [1.807, 2.05) is 6.07 Å². The van der Waals surface area contributed by atoms with E-state index < -0.39 is 0 Å². The van der Waals surface area contributed by atoms with Gasteiger partial charge in [-0.25, -0.2) is 0 Å². The van der Waals surface area contributed by atoms with Crippen molar-refractivity contribution in [3.8, 4) is 0 Å². The molecule has 3 nitrogen and oxygen atoms in total. The Morgan fingerprint density at radius 2 is 2.12 bits per heavy atom. The highest BCUT2D eigenvalue weighted by Gasteiger charge is 2.18. The second-order valence-electron chi connectivity index (χ2n) is 4.06. The van der Waals surface area contributed by atoms with Gasteiger partial charge in [0.15, 0.2) is 0 Å². The van der Waals surface area contributed by atoms with Gasteiger partial charge in [0.2, 0.25) is 0 Å². The van der Waals surface area contributed by atoms with Gasteiger partial charge in [0.05, 0.1) is 12.7 Å². The van der Waals surface area contributed by atoms with Crippen molar-refractivity contribution in [1.29, 1.82) is 0 Å². The number of Topliss-reactive ketones (excluding diaryl/α,β-unsaturated/α-hetero) is 1. The highest BCUT2D eigenvalue weighted by molar-refractivity contribution is 9.10. The largest absolute Gasteiger partial charge is 0.373 e. The van der Waals surface area contributed by atoms with Crippen molar-refractivity contribution in [3.63, 3.8) is 0 Å². The van der Waals surface area contributed by atoms with Crippen LogP contribution in [-0.2, 0) is 16.1 Å². The van der Waals surface area contributed by atoms with Crippen LogP contribution in [0.5, 0.6) is 0 Å². The molecule has 0 atom stereocenters. The number of pyridine rings is 1. The minimum Gasteiger partial charge on any atom is -0.373 e. The van der Waals surface area contributed by atoms with Crippen LogP contribution in [0, 0.1) is 0 Å². The van der Waals surface area contributed by atoms with Crippen LogP contribution < -0.4 is 0 Å². The average molecular weight is 284 g/mol. The second-order valence-corrected chi connectivity index (χ2v) is 4.98. The molecule has 0 aliphatic heterocycles. The van der Waals surface area contributed by atoms with Gasteiger partial charge in [0.1, 0.15) is 5.78 Å². The Morgan fingerprint density at radius 3 is 2.81 bits per heavy atom. The fourth-order valence-corrected chi connectivity index (χ4v) is 2.24. The fourth-order valence-electron chi connectivity index (χ4n) is 1.83. The molecule has 1 aromatic heterocycles. The van der Waals surface area contributed by atoms with E-state index in [9.17, 15) is 4.79 Å². The lowest BCUT2D eigenvalue weighted by Crippen LogP contribution is -2.21. The Balaban J connectivity index is 1.81. The van der Waals surface area contributed by atoms with E-state index in [-0.39, 0.29) is 6.10 Å². The zero-order valence-electron chi connectivity index (χ0n) is 8.99. The summed E-state index contributed by atoms with van der Waals surface area (Å²) in [4.78, 5) is 15.1. The van der Waals surface area contributed by atoms with E-state index in [4.69, 9.17) is 4.74 Å². The number of halogens is 1. The Labute approximate surface area is 103 Å². The minimum absolute atomic E-state index is 0.233. The average Bonchev–Trinajstić information content (AvgIpc) is 2.28. The predicted octanol–water partition coefficient (Wildman–Crippen LogP) is 2.87. The molecule has 1 aromatic rings.